The van der Waals surface area contributed by atoms with E-state index in [0.717, 1.165) is 19.3 Å². The summed E-state index contributed by atoms with van der Waals surface area (Å²) in [6.45, 7) is 8.17. The van der Waals surface area contributed by atoms with Crippen LogP contribution in [0.5, 0.6) is 0 Å². The Morgan fingerprint density at radius 2 is 1.80 bits per heavy atom. The van der Waals surface area contributed by atoms with Gasteiger partial charge in [-0.2, -0.15) is 0 Å². The van der Waals surface area contributed by atoms with Crippen molar-refractivity contribution < 1.29 is 14.6 Å². The predicted molar refractivity (Wildman–Crippen MR) is 59.1 cm³/mol. The molecule has 0 heterocycles. The third-order valence-electron chi connectivity index (χ3n) is 3.01. The summed E-state index contributed by atoms with van der Waals surface area (Å²) in [6, 6.07) is 0. The molecule has 1 aliphatic carbocycles. The van der Waals surface area contributed by atoms with Crippen LogP contribution in [-0.4, -0.2) is 24.4 Å². The van der Waals surface area contributed by atoms with E-state index < -0.39 is 0 Å². The lowest BCUT2D eigenvalue weighted by Crippen LogP contribution is -2.37. The monoisotopic (exact) mass is 212 g/mol. The molecule has 1 aliphatic rings. The average Bonchev–Trinajstić information content (AvgIpc) is 2.25. The second-order valence-electron chi connectivity index (χ2n) is 3.92. The van der Waals surface area contributed by atoms with E-state index in [0.29, 0.717) is 19.1 Å². The van der Waals surface area contributed by atoms with Gasteiger partial charge in [0.05, 0.1) is 31.8 Å². The molecule has 0 aliphatic heterocycles. The molecule has 0 aromatic rings. The fourth-order valence-electron chi connectivity index (χ4n) is 2.16. The zero-order valence-corrected chi connectivity index (χ0v) is 9.10. The van der Waals surface area contributed by atoms with Crippen LogP contribution in [0.3, 0.4) is 0 Å². The zero-order valence-electron chi connectivity index (χ0n) is 9.10. The van der Waals surface area contributed by atoms with Crippen molar-refractivity contribution in [1.82, 2.24) is 0 Å². The van der Waals surface area contributed by atoms with Crippen LogP contribution in [0.25, 0.3) is 0 Å². The van der Waals surface area contributed by atoms with Gasteiger partial charge in [0.2, 0.25) is 0 Å². The number of aliphatic hydroxyl groups excluding tert-OH is 1. The van der Waals surface area contributed by atoms with Crippen molar-refractivity contribution in [2.75, 3.05) is 13.2 Å². The summed E-state index contributed by atoms with van der Waals surface area (Å²) in [7, 11) is 0. The van der Waals surface area contributed by atoms with Gasteiger partial charge in [-0.1, -0.05) is 19.6 Å². The molecule has 0 radical (unpaired) electrons. The molecule has 0 aromatic carbocycles. The van der Waals surface area contributed by atoms with Crippen molar-refractivity contribution in [2.24, 2.45) is 11.8 Å². The predicted octanol–water partition coefficient (Wildman–Crippen LogP) is 2.08. The molecule has 1 fully saturated rings. The lowest BCUT2D eigenvalue weighted by Gasteiger charge is -2.34. The number of rotatable bonds is 6. The van der Waals surface area contributed by atoms with Gasteiger partial charge in [-0.05, 0) is 12.8 Å². The molecule has 15 heavy (non-hydrogen) atoms. The van der Waals surface area contributed by atoms with Crippen molar-refractivity contribution in [2.45, 2.75) is 25.4 Å². The smallest absolute Gasteiger partial charge is 0.0929 e. The van der Waals surface area contributed by atoms with Crippen LogP contribution >= 0.6 is 0 Å². The van der Waals surface area contributed by atoms with E-state index >= 15 is 0 Å². The molecular weight excluding hydrogens is 192 g/mol. The number of hydrogen-bond donors (Lipinski definition) is 1. The molecule has 1 rings (SSSR count). The summed E-state index contributed by atoms with van der Waals surface area (Å²) in [5.74, 6) is 0.503. The van der Waals surface area contributed by atoms with E-state index in [-0.39, 0.29) is 12.0 Å². The minimum absolute atomic E-state index is 0.150. The average molecular weight is 212 g/mol. The first-order valence-corrected chi connectivity index (χ1v) is 5.42. The fourth-order valence-corrected chi connectivity index (χ4v) is 2.16. The van der Waals surface area contributed by atoms with Crippen LogP contribution in [0.15, 0.2) is 25.7 Å². The maximum Gasteiger partial charge on any atom is 0.0929 e. The van der Waals surface area contributed by atoms with Gasteiger partial charge in [-0.25, -0.2) is 0 Å². The van der Waals surface area contributed by atoms with Gasteiger partial charge in [-0.3, -0.25) is 0 Å². The highest BCUT2D eigenvalue weighted by atomic mass is 16.5. The van der Waals surface area contributed by atoms with Crippen molar-refractivity contribution >= 4 is 0 Å². The second kappa shape index (κ2) is 6.51. The molecule has 3 unspecified atom stereocenters. The van der Waals surface area contributed by atoms with Crippen LogP contribution < -0.4 is 0 Å². The van der Waals surface area contributed by atoms with Crippen LogP contribution in [0.4, 0.5) is 0 Å². The highest BCUT2D eigenvalue weighted by molar-refractivity contribution is 4.82. The summed E-state index contributed by atoms with van der Waals surface area (Å²) >= 11 is 0. The Balaban J connectivity index is 2.47. The van der Waals surface area contributed by atoms with Gasteiger partial charge in [0.1, 0.15) is 0 Å². The Kier molecular flexibility index (Phi) is 5.26. The Bertz CT molecular complexity index is 203. The maximum atomic E-state index is 9.87. The third-order valence-corrected chi connectivity index (χ3v) is 3.01. The van der Waals surface area contributed by atoms with E-state index in [1.807, 2.05) is 0 Å². The van der Waals surface area contributed by atoms with E-state index in [9.17, 15) is 5.11 Å². The zero-order chi connectivity index (χ0) is 11.1. The summed E-state index contributed by atoms with van der Waals surface area (Å²) < 4.78 is 10.4. The topological polar surface area (TPSA) is 38.7 Å². The SMILES string of the molecule is C=COCC1CCCC(O)C1COC=C. The quantitative estimate of drug-likeness (QED) is 0.685. The standard InChI is InChI=1S/C12H20O3/c1-3-14-8-10-6-5-7-12(13)11(10)9-15-4-2/h3-4,10-13H,1-2,5-9H2. The number of ether oxygens (including phenoxy) is 2. The number of aliphatic hydroxyl groups is 1. The van der Waals surface area contributed by atoms with Gasteiger partial charge >= 0.3 is 0 Å². The summed E-state index contributed by atoms with van der Waals surface area (Å²) in [4.78, 5) is 0. The van der Waals surface area contributed by atoms with Gasteiger partial charge in [0.15, 0.2) is 0 Å². The molecule has 0 amide bonds. The highest BCUT2D eigenvalue weighted by Gasteiger charge is 2.32. The van der Waals surface area contributed by atoms with Crippen molar-refractivity contribution in [3.8, 4) is 0 Å². The first-order chi connectivity index (χ1) is 7.29. The molecule has 0 saturated heterocycles. The summed E-state index contributed by atoms with van der Waals surface area (Å²) in [6.07, 6.45) is 5.58. The molecule has 86 valence electrons. The summed E-state index contributed by atoms with van der Waals surface area (Å²) in [5, 5.41) is 9.87. The van der Waals surface area contributed by atoms with E-state index in [4.69, 9.17) is 9.47 Å². The molecule has 1 saturated carbocycles. The highest BCUT2D eigenvalue weighted by Crippen LogP contribution is 2.31. The molecule has 0 bridgehead atoms. The molecule has 0 spiro atoms. The normalized spacial score (nSPS) is 30.6. The van der Waals surface area contributed by atoms with E-state index in [1.165, 1.54) is 12.5 Å². The Hall–Kier alpha value is -0.960. The summed E-state index contributed by atoms with van der Waals surface area (Å²) in [5.41, 5.74) is 0. The molecular formula is C12H20O3. The molecule has 3 nitrogen and oxygen atoms in total. The van der Waals surface area contributed by atoms with E-state index in [1.54, 1.807) is 0 Å². The Morgan fingerprint density at radius 1 is 1.13 bits per heavy atom. The van der Waals surface area contributed by atoms with Gasteiger partial charge in [-0.15, -0.1) is 0 Å². The minimum Gasteiger partial charge on any atom is -0.502 e. The van der Waals surface area contributed by atoms with E-state index in [2.05, 4.69) is 13.2 Å². The van der Waals surface area contributed by atoms with Crippen molar-refractivity contribution in [3.05, 3.63) is 25.7 Å². The first-order valence-electron chi connectivity index (χ1n) is 5.42. The lowest BCUT2D eigenvalue weighted by molar-refractivity contribution is -0.0222. The third kappa shape index (κ3) is 3.59. The van der Waals surface area contributed by atoms with Gasteiger partial charge in [0, 0.05) is 11.8 Å². The molecule has 3 atom stereocenters. The largest absolute Gasteiger partial charge is 0.502 e. The Morgan fingerprint density at radius 3 is 2.47 bits per heavy atom. The van der Waals surface area contributed by atoms with Crippen molar-refractivity contribution in [1.29, 1.82) is 0 Å². The molecule has 1 N–H and O–H groups in total. The Labute approximate surface area is 91.4 Å². The lowest BCUT2D eigenvalue weighted by atomic mass is 9.78. The van der Waals surface area contributed by atoms with Crippen molar-refractivity contribution in [3.63, 3.8) is 0 Å². The van der Waals surface area contributed by atoms with Gasteiger partial charge in [0.25, 0.3) is 0 Å². The van der Waals surface area contributed by atoms with Crippen LogP contribution in [0, 0.1) is 11.8 Å². The van der Waals surface area contributed by atoms with Gasteiger partial charge < -0.3 is 14.6 Å². The first kappa shape index (κ1) is 12.1. The van der Waals surface area contributed by atoms with Crippen LogP contribution in [0.1, 0.15) is 19.3 Å². The van der Waals surface area contributed by atoms with Crippen LogP contribution in [0.2, 0.25) is 0 Å². The molecule has 0 aromatic heterocycles. The minimum atomic E-state index is -0.280. The fraction of sp³-hybridized carbons (Fsp3) is 0.667. The van der Waals surface area contributed by atoms with Crippen LogP contribution in [-0.2, 0) is 9.47 Å². The number of hydrogen-bond acceptors (Lipinski definition) is 3. The maximum absolute atomic E-state index is 9.87. The second-order valence-corrected chi connectivity index (χ2v) is 3.92. The molecule has 3 heteroatoms.